The van der Waals surface area contributed by atoms with Crippen LogP contribution in [0.15, 0.2) is 22.2 Å². The Morgan fingerprint density at radius 3 is 2.68 bits per heavy atom. The van der Waals surface area contributed by atoms with Crippen LogP contribution in [0.4, 0.5) is 10.1 Å². The molecular weight excluding hydrogens is 363 g/mol. The molecule has 0 bridgehead atoms. The van der Waals surface area contributed by atoms with Crippen LogP contribution < -0.4 is 15.1 Å². The molecule has 2 aliphatic heterocycles. The summed E-state index contributed by atoms with van der Waals surface area (Å²) in [7, 11) is 2.04. The summed E-state index contributed by atoms with van der Waals surface area (Å²) in [6.45, 7) is 7.22. The minimum atomic E-state index is -0.737. The minimum absolute atomic E-state index is 0.0377. The smallest absolute Gasteiger partial charge is 0.195 e. The first kappa shape index (κ1) is 18.9. The molecule has 1 aromatic carbocycles. The molecule has 1 fully saturated rings. The average molecular weight is 388 g/mol. The summed E-state index contributed by atoms with van der Waals surface area (Å²) < 4.78 is 23.1. The molecule has 0 aliphatic carbocycles. The van der Waals surface area contributed by atoms with E-state index < -0.39 is 11.9 Å². The fourth-order valence-electron chi connectivity index (χ4n) is 4.15. The van der Waals surface area contributed by atoms with Crippen molar-refractivity contribution in [2.24, 2.45) is 5.18 Å². The van der Waals surface area contributed by atoms with Gasteiger partial charge in [-0.1, -0.05) is 12.1 Å². The molecular formula is C20H25FN4O3. The van der Waals surface area contributed by atoms with Gasteiger partial charge in [0.15, 0.2) is 17.0 Å². The van der Waals surface area contributed by atoms with E-state index in [-0.39, 0.29) is 16.9 Å². The lowest BCUT2D eigenvalue weighted by Crippen LogP contribution is -2.45. The van der Waals surface area contributed by atoms with Crippen molar-refractivity contribution in [3.05, 3.63) is 38.8 Å². The number of pyridine rings is 1. The molecule has 150 valence electrons. The zero-order valence-corrected chi connectivity index (χ0v) is 16.4. The highest BCUT2D eigenvalue weighted by molar-refractivity contribution is 5.92. The Morgan fingerprint density at radius 1 is 1.32 bits per heavy atom. The van der Waals surface area contributed by atoms with E-state index in [2.05, 4.69) is 10.1 Å². The van der Waals surface area contributed by atoms with Crippen molar-refractivity contribution in [2.75, 3.05) is 44.7 Å². The molecule has 7 nitrogen and oxygen atoms in total. The third-order valence-electron chi connectivity index (χ3n) is 5.86. The number of benzene rings is 1. The monoisotopic (exact) mass is 388 g/mol. The molecule has 2 aromatic rings. The molecule has 0 radical (unpaired) electrons. The second kappa shape index (κ2) is 7.16. The van der Waals surface area contributed by atoms with Crippen LogP contribution in [0.25, 0.3) is 10.9 Å². The van der Waals surface area contributed by atoms with Crippen molar-refractivity contribution < 1.29 is 9.13 Å². The average Bonchev–Trinajstić information content (AvgIpc) is 2.69. The standard InChI is InChI=1S/C20H25FN4O3/c1-4-16(22-27)14-10-25-12(2)11-28-20-17(25)13(19(14)26)9-15(21)18(20)24-7-5-23(3)6-8-24/h9-10,12,16H,4-8,11H2,1-3H3. The number of piperazine rings is 1. The van der Waals surface area contributed by atoms with Gasteiger partial charge in [-0.2, -0.15) is 4.91 Å². The van der Waals surface area contributed by atoms with E-state index in [1.54, 1.807) is 13.1 Å². The molecule has 1 aromatic heterocycles. The maximum Gasteiger partial charge on any atom is 0.195 e. The van der Waals surface area contributed by atoms with Crippen LogP contribution in [0.3, 0.4) is 0 Å². The zero-order valence-electron chi connectivity index (χ0n) is 16.4. The first-order valence-corrected chi connectivity index (χ1v) is 9.76. The molecule has 4 rings (SSSR count). The maximum absolute atomic E-state index is 15.2. The number of rotatable bonds is 4. The fraction of sp³-hybridized carbons (Fsp3) is 0.550. The van der Waals surface area contributed by atoms with Gasteiger partial charge in [-0.05, 0) is 26.5 Å². The zero-order chi connectivity index (χ0) is 20.0. The Kier molecular flexibility index (Phi) is 4.82. The Morgan fingerprint density at radius 2 is 2.04 bits per heavy atom. The number of hydrogen-bond acceptors (Lipinski definition) is 6. The van der Waals surface area contributed by atoms with Crippen molar-refractivity contribution in [1.82, 2.24) is 9.47 Å². The van der Waals surface area contributed by atoms with Gasteiger partial charge >= 0.3 is 0 Å². The Hall–Kier alpha value is -2.48. The number of nitroso groups, excluding NO2 is 1. The van der Waals surface area contributed by atoms with Gasteiger partial charge < -0.3 is 19.1 Å². The summed E-state index contributed by atoms with van der Waals surface area (Å²) >= 11 is 0. The normalized spacial score (nSPS) is 20.9. The summed E-state index contributed by atoms with van der Waals surface area (Å²) in [5.74, 6) is -0.0390. The summed E-state index contributed by atoms with van der Waals surface area (Å²) in [5.41, 5.74) is 0.995. The summed E-state index contributed by atoms with van der Waals surface area (Å²) in [5, 5.41) is 3.35. The highest BCUT2D eigenvalue weighted by Crippen LogP contribution is 2.42. The molecule has 1 saturated heterocycles. The highest BCUT2D eigenvalue weighted by Gasteiger charge is 2.31. The minimum Gasteiger partial charge on any atom is -0.487 e. The van der Waals surface area contributed by atoms with Crippen molar-refractivity contribution in [1.29, 1.82) is 0 Å². The number of likely N-dealkylation sites (N-methyl/N-ethyl adjacent to an activating group) is 1. The molecule has 2 unspecified atom stereocenters. The van der Waals surface area contributed by atoms with Crippen LogP contribution in [0.2, 0.25) is 0 Å². The van der Waals surface area contributed by atoms with E-state index in [9.17, 15) is 9.70 Å². The number of halogens is 1. The topological polar surface area (TPSA) is 67.1 Å². The lowest BCUT2D eigenvalue weighted by atomic mass is 10.0. The van der Waals surface area contributed by atoms with Gasteiger partial charge in [-0.3, -0.25) is 4.79 Å². The molecule has 28 heavy (non-hydrogen) atoms. The Bertz CT molecular complexity index is 982. The van der Waals surface area contributed by atoms with Gasteiger partial charge in [0.2, 0.25) is 0 Å². The number of nitrogens with zero attached hydrogens (tertiary/aromatic N) is 4. The summed E-state index contributed by atoms with van der Waals surface area (Å²) in [6, 6.07) is 0.525. The van der Waals surface area contributed by atoms with E-state index in [4.69, 9.17) is 4.74 Å². The van der Waals surface area contributed by atoms with Gasteiger partial charge in [0, 0.05) is 37.9 Å². The van der Waals surface area contributed by atoms with Gasteiger partial charge in [0.25, 0.3) is 0 Å². The quantitative estimate of drug-likeness (QED) is 0.753. The van der Waals surface area contributed by atoms with Crippen molar-refractivity contribution >= 4 is 16.6 Å². The third-order valence-corrected chi connectivity index (χ3v) is 5.86. The van der Waals surface area contributed by atoms with E-state index >= 15 is 4.39 Å². The fourth-order valence-corrected chi connectivity index (χ4v) is 4.15. The van der Waals surface area contributed by atoms with Crippen LogP contribution in [0.1, 0.15) is 37.9 Å². The maximum atomic E-state index is 15.2. The molecule has 3 heterocycles. The summed E-state index contributed by atoms with van der Waals surface area (Å²) in [4.78, 5) is 28.5. The van der Waals surface area contributed by atoms with Gasteiger partial charge in [-0.25, -0.2) is 4.39 Å². The molecule has 0 amide bonds. The van der Waals surface area contributed by atoms with Crippen LogP contribution in [0, 0.1) is 10.7 Å². The van der Waals surface area contributed by atoms with Crippen LogP contribution in [-0.2, 0) is 0 Å². The first-order valence-electron chi connectivity index (χ1n) is 9.76. The lowest BCUT2D eigenvalue weighted by Gasteiger charge is -2.37. The van der Waals surface area contributed by atoms with Gasteiger partial charge in [0.05, 0.1) is 16.9 Å². The summed E-state index contributed by atoms with van der Waals surface area (Å²) in [6.07, 6.45) is 2.13. The van der Waals surface area contributed by atoms with Crippen molar-refractivity contribution in [3.8, 4) is 5.75 Å². The SMILES string of the molecule is CCC(N=O)c1cn2c3c(c(N4CCN(C)CC4)c(F)cc3c1=O)OCC2C. The lowest BCUT2D eigenvalue weighted by molar-refractivity contribution is 0.244. The molecule has 0 saturated carbocycles. The predicted octanol–water partition coefficient (Wildman–Crippen LogP) is 3.06. The van der Waals surface area contributed by atoms with E-state index in [1.807, 2.05) is 23.4 Å². The molecule has 0 spiro atoms. The van der Waals surface area contributed by atoms with Crippen LogP contribution in [0.5, 0.6) is 5.75 Å². The number of hydrogen-bond donors (Lipinski definition) is 0. The van der Waals surface area contributed by atoms with Gasteiger partial charge in [0.1, 0.15) is 18.3 Å². The number of aromatic nitrogens is 1. The van der Waals surface area contributed by atoms with Crippen molar-refractivity contribution in [2.45, 2.75) is 32.4 Å². The van der Waals surface area contributed by atoms with Gasteiger partial charge in [-0.15, -0.1) is 0 Å². The Balaban J connectivity index is 1.98. The second-order valence-corrected chi connectivity index (χ2v) is 7.73. The van der Waals surface area contributed by atoms with Crippen molar-refractivity contribution in [3.63, 3.8) is 0 Å². The van der Waals surface area contributed by atoms with Crippen LogP contribution in [-0.4, -0.2) is 49.3 Å². The first-order chi connectivity index (χ1) is 13.5. The predicted molar refractivity (Wildman–Crippen MR) is 107 cm³/mol. The molecule has 2 aliphatic rings. The Labute approximate surface area is 162 Å². The number of anilines is 1. The second-order valence-electron chi connectivity index (χ2n) is 7.73. The van der Waals surface area contributed by atoms with E-state index in [1.165, 1.54) is 6.07 Å². The largest absolute Gasteiger partial charge is 0.487 e. The van der Waals surface area contributed by atoms with E-state index in [0.29, 0.717) is 48.6 Å². The van der Waals surface area contributed by atoms with E-state index in [0.717, 1.165) is 13.1 Å². The molecule has 2 atom stereocenters. The van der Waals surface area contributed by atoms with Crippen LogP contribution >= 0.6 is 0 Å². The highest BCUT2D eigenvalue weighted by atomic mass is 19.1. The molecule has 8 heteroatoms. The molecule has 0 N–H and O–H groups in total. The third kappa shape index (κ3) is 2.87. The number of ether oxygens (including phenoxy) is 1.